The Morgan fingerprint density at radius 3 is 2.47 bits per heavy atom. The maximum absolute atomic E-state index is 12.3. The number of nitrogens with zero attached hydrogens (tertiary/aromatic N) is 1. The second-order valence-electron chi connectivity index (χ2n) is 6.42. The summed E-state index contributed by atoms with van der Waals surface area (Å²) in [5, 5.41) is 2.85. The number of halogens is 1. The van der Waals surface area contributed by atoms with Crippen molar-refractivity contribution in [2.24, 2.45) is 0 Å². The smallest absolute Gasteiger partial charge is 0.261 e. The number of amides is 1. The van der Waals surface area contributed by atoms with Crippen molar-refractivity contribution in [2.75, 3.05) is 6.61 Å². The van der Waals surface area contributed by atoms with Crippen LogP contribution >= 0.6 is 15.9 Å². The number of benzene rings is 2. The highest BCUT2D eigenvalue weighted by molar-refractivity contribution is 9.10. The topological polar surface area (TPSA) is 69.7 Å². The average molecular weight is 471 g/mol. The van der Waals surface area contributed by atoms with Crippen LogP contribution in [0.4, 0.5) is 0 Å². The molecule has 0 saturated heterocycles. The highest BCUT2D eigenvalue weighted by Crippen LogP contribution is 2.30. The zero-order valence-corrected chi connectivity index (χ0v) is 18.4. The summed E-state index contributed by atoms with van der Waals surface area (Å²) in [6.45, 7) is 4.53. The maximum Gasteiger partial charge on any atom is 0.261 e. The van der Waals surface area contributed by atoms with Gasteiger partial charge in [-0.05, 0) is 55.8 Å². The number of aromatic nitrogens is 1. The number of ether oxygens (including phenoxy) is 3. The van der Waals surface area contributed by atoms with E-state index in [2.05, 4.69) is 26.2 Å². The fourth-order valence-electron chi connectivity index (χ4n) is 2.60. The molecule has 0 aliphatic rings. The molecule has 7 heteroatoms. The lowest BCUT2D eigenvalue weighted by Crippen LogP contribution is -2.35. The molecule has 0 bridgehead atoms. The molecule has 1 aromatic heterocycles. The molecular formula is C23H23BrN2O4. The van der Waals surface area contributed by atoms with E-state index in [0.717, 1.165) is 10.0 Å². The minimum atomic E-state index is -0.614. The third-order valence-electron chi connectivity index (χ3n) is 4.12. The lowest BCUT2D eigenvalue weighted by Gasteiger charge is -2.15. The van der Waals surface area contributed by atoms with Gasteiger partial charge >= 0.3 is 0 Å². The molecule has 30 heavy (non-hydrogen) atoms. The first kappa shape index (κ1) is 21.6. The summed E-state index contributed by atoms with van der Waals surface area (Å²) < 4.78 is 18.0. The third kappa shape index (κ3) is 6.22. The normalized spacial score (nSPS) is 11.4. The first-order chi connectivity index (χ1) is 14.5. The standard InChI is InChI=1S/C23H23BrN2O4/c1-3-28-20-6-4-5-7-21(20)30-22-13-8-17(14-25-22)15-26-23(27)16(2)29-19-11-9-18(24)10-12-19/h4-14,16H,3,15H2,1-2H3,(H,26,27). The minimum Gasteiger partial charge on any atom is -0.490 e. The molecule has 1 atom stereocenters. The SMILES string of the molecule is CCOc1ccccc1Oc1ccc(CNC(=O)C(C)Oc2ccc(Br)cc2)cn1. The van der Waals surface area contributed by atoms with Gasteiger partial charge in [-0.15, -0.1) is 0 Å². The van der Waals surface area contributed by atoms with Gasteiger partial charge in [-0.3, -0.25) is 4.79 Å². The molecule has 0 saturated carbocycles. The molecular weight excluding hydrogens is 448 g/mol. The van der Waals surface area contributed by atoms with Gasteiger partial charge in [0, 0.05) is 23.3 Å². The summed E-state index contributed by atoms with van der Waals surface area (Å²) >= 11 is 3.37. The van der Waals surface area contributed by atoms with Crippen molar-refractivity contribution in [3.05, 3.63) is 76.9 Å². The Kier molecular flexibility index (Phi) is 7.68. The molecule has 1 unspecified atom stereocenters. The summed E-state index contributed by atoms with van der Waals surface area (Å²) in [6.07, 6.45) is 1.05. The summed E-state index contributed by atoms with van der Waals surface area (Å²) in [5.74, 6) is 2.15. The van der Waals surface area contributed by atoms with E-state index in [1.54, 1.807) is 31.3 Å². The number of carbonyl (C=O) groups excluding carboxylic acids is 1. The number of rotatable bonds is 9. The lowest BCUT2D eigenvalue weighted by molar-refractivity contribution is -0.127. The minimum absolute atomic E-state index is 0.205. The molecule has 1 amide bonds. The maximum atomic E-state index is 12.3. The van der Waals surface area contributed by atoms with Crippen molar-refractivity contribution >= 4 is 21.8 Å². The van der Waals surface area contributed by atoms with E-state index in [1.165, 1.54) is 0 Å². The van der Waals surface area contributed by atoms with Gasteiger partial charge in [-0.1, -0.05) is 34.1 Å². The molecule has 6 nitrogen and oxygen atoms in total. The number of pyridine rings is 1. The van der Waals surface area contributed by atoms with E-state index in [0.29, 0.717) is 36.3 Å². The van der Waals surface area contributed by atoms with Crippen LogP contribution in [-0.4, -0.2) is 23.6 Å². The molecule has 0 fully saturated rings. The van der Waals surface area contributed by atoms with Crippen LogP contribution in [0, 0.1) is 0 Å². The average Bonchev–Trinajstić information content (AvgIpc) is 2.76. The number of hydrogen-bond donors (Lipinski definition) is 1. The van der Waals surface area contributed by atoms with Crippen molar-refractivity contribution in [3.8, 4) is 23.1 Å². The second-order valence-corrected chi connectivity index (χ2v) is 7.33. The predicted molar refractivity (Wildman–Crippen MR) is 118 cm³/mol. The lowest BCUT2D eigenvalue weighted by atomic mass is 10.2. The zero-order valence-electron chi connectivity index (χ0n) is 16.8. The number of nitrogens with one attached hydrogen (secondary N) is 1. The summed E-state index contributed by atoms with van der Waals surface area (Å²) in [4.78, 5) is 16.6. The van der Waals surface area contributed by atoms with Crippen LogP contribution in [-0.2, 0) is 11.3 Å². The highest BCUT2D eigenvalue weighted by atomic mass is 79.9. The van der Waals surface area contributed by atoms with E-state index in [1.807, 2.05) is 49.4 Å². The van der Waals surface area contributed by atoms with Crippen molar-refractivity contribution in [2.45, 2.75) is 26.5 Å². The second kappa shape index (κ2) is 10.6. The van der Waals surface area contributed by atoms with Gasteiger partial charge in [0.15, 0.2) is 17.6 Å². The van der Waals surface area contributed by atoms with Crippen LogP contribution < -0.4 is 19.5 Å². The quantitative estimate of drug-likeness (QED) is 0.469. The molecule has 0 aliphatic carbocycles. The largest absolute Gasteiger partial charge is 0.490 e. The summed E-state index contributed by atoms with van der Waals surface area (Å²) in [5.41, 5.74) is 0.852. The van der Waals surface area contributed by atoms with E-state index >= 15 is 0 Å². The van der Waals surface area contributed by atoms with Crippen molar-refractivity contribution < 1.29 is 19.0 Å². The van der Waals surface area contributed by atoms with Gasteiger partial charge in [0.25, 0.3) is 5.91 Å². The number of hydrogen-bond acceptors (Lipinski definition) is 5. The summed E-state index contributed by atoms with van der Waals surface area (Å²) in [7, 11) is 0. The molecule has 3 rings (SSSR count). The van der Waals surface area contributed by atoms with Crippen LogP contribution in [0.5, 0.6) is 23.1 Å². The Labute approximate surface area is 184 Å². The van der Waals surface area contributed by atoms with Gasteiger partial charge in [0.05, 0.1) is 6.61 Å². The van der Waals surface area contributed by atoms with Gasteiger partial charge < -0.3 is 19.5 Å². The molecule has 0 spiro atoms. The van der Waals surface area contributed by atoms with E-state index < -0.39 is 6.10 Å². The molecule has 1 heterocycles. The molecule has 156 valence electrons. The monoisotopic (exact) mass is 470 g/mol. The van der Waals surface area contributed by atoms with Gasteiger partial charge in [0.2, 0.25) is 5.88 Å². The fraction of sp³-hybridized carbons (Fsp3) is 0.217. The van der Waals surface area contributed by atoms with E-state index in [4.69, 9.17) is 14.2 Å². The molecule has 1 N–H and O–H groups in total. The number of para-hydroxylation sites is 2. The van der Waals surface area contributed by atoms with Crippen LogP contribution in [0.25, 0.3) is 0 Å². The van der Waals surface area contributed by atoms with Crippen LogP contribution in [0.1, 0.15) is 19.4 Å². The molecule has 2 aromatic carbocycles. The first-order valence-electron chi connectivity index (χ1n) is 9.59. The van der Waals surface area contributed by atoms with Crippen LogP contribution in [0.3, 0.4) is 0 Å². The summed E-state index contributed by atoms with van der Waals surface area (Å²) in [6, 6.07) is 18.4. The first-order valence-corrected chi connectivity index (χ1v) is 10.4. The third-order valence-corrected chi connectivity index (χ3v) is 4.65. The Morgan fingerprint density at radius 1 is 1.07 bits per heavy atom. The molecule has 0 aliphatic heterocycles. The zero-order chi connectivity index (χ0) is 21.3. The Morgan fingerprint density at radius 2 is 1.80 bits per heavy atom. The Bertz CT molecular complexity index is 962. The van der Waals surface area contributed by atoms with E-state index in [9.17, 15) is 4.79 Å². The molecule has 3 aromatic rings. The van der Waals surface area contributed by atoms with Gasteiger partial charge in [0.1, 0.15) is 5.75 Å². The Balaban J connectivity index is 1.52. The van der Waals surface area contributed by atoms with Crippen molar-refractivity contribution in [3.63, 3.8) is 0 Å². The van der Waals surface area contributed by atoms with Gasteiger partial charge in [-0.25, -0.2) is 4.98 Å². The van der Waals surface area contributed by atoms with Crippen molar-refractivity contribution in [1.82, 2.24) is 10.3 Å². The predicted octanol–water partition coefficient (Wildman–Crippen LogP) is 5.12. The van der Waals surface area contributed by atoms with Gasteiger partial charge in [-0.2, -0.15) is 0 Å². The highest BCUT2D eigenvalue weighted by Gasteiger charge is 2.14. The van der Waals surface area contributed by atoms with Crippen LogP contribution in [0.2, 0.25) is 0 Å². The van der Waals surface area contributed by atoms with Crippen molar-refractivity contribution in [1.29, 1.82) is 0 Å². The fourth-order valence-corrected chi connectivity index (χ4v) is 2.87. The molecule has 0 radical (unpaired) electrons. The van der Waals surface area contributed by atoms with Crippen LogP contribution in [0.15, 0.2) is 71.3 Å². The number of carbonyl (C=O) groups is 1. The Hall–Kier alpha value is -3.06. The van der Waals surface area contributed by atoms with E-state index in [-0.39, 0.29) is 5.91 Å².